The normalized spacial score (nSPS) is 13.5. The fourth-order valence-electron chi connectivity index (χ4n) is 3.96. The molecule has 0 aromatic heterocycles. The topological polar surface area (TPSA) is 105 Å². The van der Waals surface area contributed by atoms with Gasteiger partial charge in [0.15, 0.2) is 0 Å². The first-order valence-corrected chi connectivity index (χ1v) is 12.4. The number of hydrogen-bond acceptors (Lipinski definition) is 5. The van der Waals surface area contributed by atoms with Crippen LogP contribution in [0.15, 0.2) is 48.5 Å². The van der Waals surface area contributed by atoms with Crippen LogP contribution in [0, 0.1) is 11.8 Å². The van der Waals surface area contributed by atoms with Crippen LogP contribution >= 0.6 is 11.8 Å². The number of hydrogen-bond donors (Lipinski definition) is 3. The smallest absolute Gasteiger partial charge is 0.407 e. The number of alkyl carbamates (subject to hydrolysis) is 1. The zero-order valence-electron chi connectivity index (χ0n) is 19.2. The second kappa shape index (κ2) is 12.1. The van der Waals surface area contributed by atoms with Crippen molar-refractivity contribution in [1.29, 1.82) is 0 Å². The van der Waals surface area contributed by atoms with Crippen LogP contribution < -0.4 is 10.6 Å². The minimum atomic E-state index is -1.18. The third-order valence-electron chi connectivity index (χ3n) is 5.66. The monoisotopic (exact) mass is 480 g/mol. The van der Waals surface area contributed by atoms with Gasteiger partial charge in [-0.15, -0.1) is 11.8 Å². The molecule has 34 heavy (non-hydrogen) atoms. The molecular formula is C26H28N2O5S. The van der Waals surface area contributed by atoms with Crippen LogP contribution in [0.5, 0.6) is 0 Å². The van der Waals surface area contributed by atoms with Gasteiger partial charge in [-0.3, -0.25) is 4.79 Å². The van der Waals surface area contributed by atoms with Crippen LogP contribution in [-0.2, 0) is 14.3 Å². The number of rotatable bonds is 10. The summed E-state index contributed by atoms with van der Waals surface area (Å²) < 4.78 is 5.54. The van der Waals surface area contributed by atoms with Gasteiger partial charge in [0, 0.05) is 12.3 Å². The maximum Gasteiger partial charge on any atom is 0.407 e. The van der Waals surface area contributed by atoms with E-state index >= 15 is 0 Å². The molecule has 1 aliphatic carbocycles. The van der Waals surface area contributed by atoms with Gasteiger partial charge in [-0.1, -0.05) is 48.5 Å². The van der Waals surface area contributed by atoms with E-state index in [0.29, 0.717) is 12.2 Å². The summed E-state index contributed by atoms with van der Waals surface area (Å²) in [5.74, 6) is 4.04. The SMILES string of the molecule is CC#CCC(NC(=O)[C@H](CCSC)NC(=O)OCC1c2ccccc2-c2ccccc21)C(=O)O. The van der Waals surface area contributed by atoms with Gasteiger partial charge in [0.05, 0.1) is 0 Å². The second-order valence-electron chi connectivity index (χ2n) is 7.83. The van der Waals surface area contributed by atoms with E-state index in [2.05, 4.69) is 34.6 Å². The molecule has 0 saturated heterocycles. The molecule has 3 rings (SSSR count). The molecule has 1 unspecified atom stereocenters. The van der Waals surface area contributed by atoms with Crippen LogP contribution in [-0.4, -0.2) is 53.8 Å². The van der Waals surface area contributed by atoms with Crippen LogP contribution in [0.1, 0.15) is 36.8 Å². The van der Waals surface area contributed by atoms with Crippen molar-refractivity contribution in [3.63, 3.8) is 0 Å². The van der Waals surface area contributed by atoms with Gasteiger partial charge in [0.2, 0.25) is 5.91 Å². The Hall–Kier alpha value is -3.44. The molecule has 0 saturated carbocycles. The maximum atomic E-state index is 12.7. The van der Waals surface area contributed by atoms with Gasteiger partial charge in [0.1, 0.15) is 18.7 Å². The molecule has 2 aromatic rings. The highest BCUT2D eigenvalue weighted by Gasteiger charge is 2.30. The number of aliphatic carboxylic acids is 1. The van der Waals surface area contributed by atoms with E-state index < -0.39 is 30.1 Å². The van der Waals surface area contributed by atoms with E-state index in [9.17, 15) is 19.5 Å². The summed E-state index contributed by atoms with van der Waals surface area (Å²) in [6.07, 6.45) is 1.49. The minimum absolute atomic E-state index is 0.0161. The van der Waals surface area contributed by atoms with Crippen molar-refractivity contribution < 1.29 is 24.2 Å². The summed E-state index contributed by atoms with van der Waals surface area (Å²) in [4.78, 5) is 36.8. The number of carbonyl (C=O) groups excluding carboxylic acids is 2. The number of amides is 2. The van der Waals surface area contributed by atoms with Gasteiger partial charge >= 0.3 is 12.1 Å². The van der Waals surface area contributed by atoms with E-state index in [1.807, 2.05) is 42.7 Å². The largest absolute Gasteiger partial charge is 0.480 e. The highest BCUT2D eigenvalue weighted by Crippen LogP contribution is 2.44. The van der Waals surface area contributed by atoms with Crippen LogP contribution in [0.3, 0.4) is 0 Å². The lowest BCUT2D eigenvalue weighted by atomic mass is 9.98. The first-order valence-electron chi connectivity index (χ1n) is 11.0. The van der Waals surface area contributed by atoms with Crippen molar-refractivity contribution in [2.75, 3.05) is 18.6 Å². The van der Waals surface area contributed by atoms with Crippen LogP contribution in [0.2, 0.25) is 0 Å². The van der Waals surface area contributed by atoms with Gasteiger partial charge in [-0.05, 0) is 47.6 Å². The van der Waals surface area contributed by atoms with Gasteiger partial charge < -0.3 is 20.5 Å². The molecule has 8 heteroatoms. The summed E-state index contributed by atoms with van der Waals surface area (Å²) in [7, 11) is 0. The number of ether oxygens (including phenoxy) is 1. The molecule has 2 amide bonds. The molecule has 3 N–H and O–H groups in total. The molecule has 178 valence electrons. The highest BCUT2D eigenvalue weighted by atomic mass is 32.2. The Morgan fingerprint density at radius 3 is 2.21 bits per heavy atom. The summed E-state index contributed by atoms with van der Waals surface area (Å²) in [5.41, 5.74) is 4.43. The lowest BCUT2D eigenvalue weighted by Gasteiger charge is -2.21. The highest BCUT2D eigenvalue weighted by molar-refractivity contribution is 7.98. The van der Waals surface area contributed by atoms with Crippen molar-refractivity contribution in [3.05, 3.63) is 59.7 Å². The first kappa shape index (κ1) is 25.2. The van der Waals surface area contributed by atoms with Crippen molar-refractivity contribution in [2.45, 2.75) is 37.8 Å². The zero-order valence-corrected chi connectivity index (χ0v) is 20.0. The third-order valence-corrected chi connectivity index (χ3v) is 6.30. The Morgan fingerprint density at radius 2 is 1.65 bits per heavy atom. The molecular weight excluding hydrogens is 452 g/mol. The summed E-state index contributed by atoms with van der Waals surface area (Å²) in [6, 6.07) is 14.0. The van der Waals surface area contributed by atoms with Crippen molar-refractivity contribution >= 4 is 29.7 Å². The summed E-state index contributed by atoms with van der Waals surface area (Å²) >= 11 is 1.52. The number of benzene rings is 2. The van der Waals surface area contributed by atoms with Gasteiger partial charge in [0.25, 0.3) is 0 Å². The van der Waals surface area contributed by atoms with Crippen LogP contribution in [0.4, 0.5) is 4.79 Å². The van der Waals surface area contributed by atoms with E-state index in [4.69, 9.17) is 4.74 Å². The van der Waals surface area contributed by atoms with Gasteiger partial charge in [-0.25, -0.2) is 9.59 Å². The number of carboxylic acids is 1. The van der Waals surface area contributed by atoms with Crippen molar-refractivity contribution in [3.8, 4) is 23.0 Å². The fraction of sp³-hybridized carbons (Fsp3) is 0.346. The second-order valence-corrected chi connectivity index (χ2v) is 8.82. The fourth-order valence-corrected chi connectivity index (χ4v) is 4.43. The summed E-state index contributed by atoms with van der Waals surface area (Å²) in [6.45, 7) is 1.72. The van der Waals surface area contributed by atoms with Crippen molar-refractivity contribution in [2.24, 2.45) is 0 Å². The molecule has 2 atom stereocenters. The number of carboxylic acid groups (broad SMARTS) is 1. The lowest BCUT2D eigenvalue weighted by Crippen LogP contribution is -2.52. The molecule has 0 aliphatic heterocycles. The lowest BCUT2D eigenvalue weighted by molar-refractivity contribution is -0.141. The van der Waals surface area contributed by atoms with E-state index in [1.165, 1.54) is 11.8 Å². The average Bonchev–Trinajstić information content (AvgIpc) is 3.16. The zero-order chi connectivity index (χ0) is 24.5. The predicted molar refractivity (Wildman–Crippen MR) is 133 cm³/mol. The standard InChI is InChI=1S/C26H28N2O5S/c1-3-4-13-23(25(30)31)27-24(29)22(14-15-34-2)28-26(32)33-16-21-19-11-7-5-9-17(19)18-10-6-8-12-20(18)21/h5-12,21-23H,13-16H2,1-2H3,(H,27,29)(H,28,32)(H,30,31)/t22-,23?/m0/s1. The molecule has 7 nitrogen and oxygen atoms in total. The van der Waals surface area contributed by atoms with E-state index in [-0.39, 0.29) is 18.9 Å². The van der Waals surface area contributed by atoms with Crippen molar-refractivity contribution in [1.82, 2.24) is 10.6 Å². The molecule has 0 fully saturated rings. The average molecular weight is 481 g/mol. The minimum Gasteiger partial charge on any atom is -0.480 e. The first-order chi connectivity index (χ1) is 16.5. The molecule has 0 bridgehead atoms. The maximum absolute atomic E-state index is 12.7. The third kappa shape index (κ3) is 6.12. The Balaban J connectivity index is 1.65. The molecule has 0 spiro atoms. The summed E-state index contributed by atoms with van der Waals surface area (Å²) in [5, 5.41) is 14.4. The molecule has 1 aliphatic rings. The Kier molecular flexibility index (Phi) is 9.00. The Morgan fingerprint density at radius 1 is 1.03 bits per heavy atom. The van der Waals surface area contributed by atoms with Crippen LogP contribution in [0.25, 0.3) is 11.1 Å². The number of thioether (sulfide) groups is 1. The Labute approximate surface area is 203 Å². The molecule has 2 aromatic carbocycles. The van der Waals surface area contributed by atoms with Gasteiger partial charge in [-0.2, -0.15) is 11.8 Å². The Bertz CT molecular complexity index is 1060. The number of nitrogens with one attached hydrogen (secondary N) is 2. The van der Waals surface area contributed by atoms with E-state index in [0.717, 1.165) is 22.3 Å². The number of fused-ring (bicyclic) bond motifs is 3. The number of carbonyl (C=O) groups is 3. The van der Waals surface area contributed by atoms with E-state index in [1.54, 1.807) is 6.92 Å². The molecule has 0 radical (unpaired) electrons. The molecule has 0 heterocycles. The quantitative estimate of drug-likeness (QED) is 0.449. The predicted octanol–water partition coefficient (Wildman–Crippen LogP) is 3.63.